The summed E-state index contributed by atoms with van der Waals surface area (Å²) >= 11 is 0. The molecule has 0 bridgehead atoms. The van der Waals surface area contributed by atoms with Crippen LogP contribution in [0.15, 0.2) is 121 Å². The second kappa shape index (κ2) is 13.1. The summed E-state index contributed by atoms with van der Waals surface area (Å²) in [6.45, 7) is 0. The zero-order chi connectivity index (χ0) is 19.3. The fourth-order valence-corrected chi connectivity index (χ4v) is 3.16. The molecule has 0 aliphatic rings. The average Bonchev–Trinajstić information content (AvgIpc) is 2.80. The Balaban J connectivity index is 0.000000200. The molecule has 2 N–H and O–H groups in total. The lowest BCUT2D eigenvalue weighted by Crippen LogP contribution is -1.89. The van der Waals surface area contributed by atoms with Crippen molar-refractivity contribution in [1.82, 2.24) is 0 Å². The molecule has 0 atom stereocenters. The minimum atomic E-state index is 0. The molecule has 1 heteroatoms. The van der Waals surface area contributed by atoms with Gasteiger partial charge < -0.3 is 5.48 Å². The van der Waals surface area contributed by atoms with E-state index in [2.05, 4.69) is 121 Å². The molecule has 0 aliphatic carbocycles. The summed E-state index contributed by atoms with van der Waals surface area (Å²) in [5.74, 6) is 0. The Morgan fingerprint density at radius 2 is 0.448 bits per heavy atom. The Hall–Kier alpha value is -3.16. The SMILES string of the molecule is O.c1ccc(CCc2ccccc2)cc1.c1ccc(CCc2ccccc2)cc1. The van der Waals surface area contributed by atoms with Crippen molar-refractivity contribution >= 4 is 0 Å². The lowest BCUT2D eigenvalue weighted by molar-refractivity contribution is 0.824. The van der Waals surface area contributed by atoms with Crippen molar-refractivity contribution in [3.8, 4) is 0 Å². The second-order valence-corrected chi connectivity index (χ2v) is 6.94. The standard InChI is InChI=1S/2C14H14.H2O/c2*1-3-7-13(8-4-1)11-12-14-9-5-2-6-10-14;/h2*1-10H,11-12H2;1H2. The van der Waals surface area contributed by atoms with Crippen molar-refractivity contribution in [1.29, 1.82) is 0 Å². The van der Waals surface area contributed by atoms with Gasteiger partial charge in [-0.3, -0.25) is 0 Å². The molecule has 148 valence electrons. The first kappa shape index (κ1) is 22.1. The van der Waals surface area contributed by atoms with Crippen LogP contribution < -0.4 is 0 Å². The minimum absolute atomic E-state index is 0. The van der Waals surface area contributed by atoms with Crippen molar-refractivity contribution in [3.05, 3.63) is 144 Å². The minimum Gasteiger partial charge on any atom is -0.412 e. The van der Waals surface area contributed by atoms with E-state index in [-0.39, 0.29) is 5.48 Å². The van der Waals surface area contributed by atoms with E-state index < -0.39 is 0 Å². The highest BCUT2D eigenvalue weighted by molar-refractivity contribution is 5.21. The van der Waals surface area contributed by atoms with E-state index in [9.17, 15) is 0 Å². The molecule has 0 aliphatic heterocycles. The van der Waals surface area contributed by atoms with Crippen LogP contribution in [0.3, 0.4) is 0 Å². The molecule has 0 radical (unpaired) electrons. The third-order valence-electron chi connectivity index (χ3n) is 4.78. The van der Waals surface area contributed by atoms with Gasteiger partial charge in [0.2, 0.25) is 0 Å². The highest BCUT2D eigenvalue weighted by atomic mass is 16.0. The zero-order valence-electron chi connectivity index (χ0n) is 16.9. The monoisotopic (exact) mass is 382 g/mol. The fraction of sp³-hybridized carbons (Fsp3) is 0.143. The second-order valence-electron chi connectivity index (χ2n) is 6.94. The topological polar surface area (TPSA) is 31.5 Å². The Bertz CT molecular complexity index is 730. The van der Waals surface area contributed by atoms with Crippen LogP contribution in [-0.4, -0.2) is 5.48 Å². The summed E-state index contributed by atoms with van der Waals surface area (Å²) in [6, 6.07) is 42.5. The lowest BCUT2D eigenvalue weighted by Gasteiger charge is -2.01. The summed E-state index contributed by atoms with van der Waals surface area (Å²) < 4.78 is 0. The van der Waals surface area contributed by atoms with E-state index in [4.69, 9.17) is 0 Å². The van der Waals surface area contributed by atoms with Gasteiger partial charge >= 0.3 is 0 Å². The van der Waals surface area contributed by atoms with Gasteiger partial charge in [-0.2, -0.15) is 0 Å². The Labute approximate surface area is 175 Å². The van der Waals surface area contributed by atoms with Crippen LogP contribution in [0.4, 0.5) is 0 Å². The van der Waals surface area contributed by atoms with Crippen LogP contribution in [0.1, 0.15) is 22.3 Å². The highest BCUT2D eigenvalue weighted by Crippen LogP contribution is 2.07. The normalized spacial score (nSPS) is 9.66. The van der Waals surface area contributed by atoms with Gasteiger partial charge in [0.15, 0.2) is 0 Å². The smallest absolute Gasteiger partial charge is 0.0238 e. The first-order chi connectivity index (χ1) is 13.9. The zero-order valence-corrected chi connectivity index (χ0v) is 16.9. The van der Waals surface area contributed by atoms with E-state index >= 15 is 0 Å². The molecule has 0 unspecified atom stereocenters. The van der Waals surface area contributed by atoms with Crippen LogP contribution in [0.25, 0.3) is 0 Å². The van der Waals surface area contributed by atoms with E-state index in [0.29, 0.717) is 0 Å². The molecule has 4 rings (SSSR count). The van der Waals surface area contributed by atoms with Crippen molar-refractivity contribution in [3.63, 3.8) is 0 Å². The predicted molar refractivity (Wildman–Crippen MR) is 124 cm³/mol. The Morgan fingerprint density at radius 3 is 0.621 bits per heavy atom. The molecule has 0 spiro atoms. The third kappa shape index (κ3) is 8.59. The summed E-state index contributed by atoms with van der Waals surface area (Å²) in [6.07, 6.45) is 4.52. The van der Waals surface area contributed by atoms with E-state index in [1.54, 1.807) is 0 Å². The molecule has 4 aromatic rings. The molecule has 0 saturated carbocycles. The summed E-state index contributed by atoms with van der Waals surface area (Å²) in [7, 11) is 0. The fourth-order valence-electron chi connectivity index (χ4n) is 3.16. The molecule has 0 heterocycles. The third-order valence-corrected chi connectivity index (χ3v) is 4.78. The molecule has 0 amide bonds. The molecule has 0 saturated heterocycles. The average molecular weight is 383 g/mol. The van der Waals surface area contributed by atoms with Crippen LogP contribution in [0.2, 0.25) is 0 Å². The Kier molecular flexibility index (Phi) is 9.99. The van der Waals surface area contributed by atoms with Crippen molar-refractivity contribution in [2.45, 2.75) is 25.7 Å². The molecule has 1 nitrogen and oxygen atoms in total. The summed E-state index contributed by atoms with van der Waals surface area (Å²) in [5, 5.41) is 0. The lowest BCUT2D eigenvalue weighted by atomic mass is 10.0. The quantitative estimate of drug-likeness (QED) is 0.385. The maximum Gasteiger partial charge on any atom is -0.0238 e. The number of aryl methyl sites for hydroxylation is 4. The predicted octanol–water partition coefficient (Wildman–Crippen LogP) is 6.12. The molecular weight excluding hydrogens is 352 g/mol. The van der Waals surface area contributed by atoms with E-state index in [1.165, 1.54) is 22.3 Å². The highest BCUT2D eigenvalue weighted by Gasteiger charge is 1.94. The van der Waals surface area contributed by atoms with Crippen molar-refractivity contribution < 1.29 is 5.48 Å². The van der Waals surface area contributed by atoms with Gasteiger partial charge in [-0.05, 0) is 47.9 Å². The molecule has 0 aromatic heterocycles. The van der Waals surface area contributed by atoms with Crippen LogP contribution in [0, 0.1) is 0 Å². The van der Waals surface area contributed by atoms with Crippen molar-refractivity contribution in [2.75, 3.05) is 0 Å². The van der Waals surface area contributed by atoms with Crippen LogP contribution in [-0.2, 0) is 25.7 Å². The van der Waals surface area contributed by atoms with Crippen molar-refractivity contribution in [2.24, 2.45) is 0 Å². The maximum atomic E-state index is 2.18. The first-order valence-corrected chi connectivity index (χ1v) is 10.1. The van der Waals surface area contributed by atoms with Crippen LogP contribution >= 0.6 is 0 Å². The number of rotatable bonds is 6. The number of benzene rings is 4. The van der Waals surface area contributed by atoms with E-state index in [0.717, 1.165) is 25.7 Å². The number of hydrogen-bond acceptors (Lipinski definition) is 0. The Morgan fingerprint density at radius 1 is 0.276 bits per heavy atom. The maximum absolute atomic E-state index is 2.18. The first-order valence-electron chi connectivity index (χ1n) is 10.1. The van der Waals surface area contributed by atoms with Crippen LogP contribution in [0.5, 0.6) is 0 Å². The largest absolute Gasteiger partial charge is 0.412 e. The van der Waals surface area contributed by atoms with Gasteiger partial charge in [0.25, 0.3) is 0 Å². The summed E-state index contributed by atoms with van der Waals surface area (Å²) in [4.78, 5) is 0. The summed E-state index contributed by atoms with van der Waals surface area (Å²) in [5.41, 5.74) is 5.65. The van der Waals surface area contributed by atoms with Gasteiger partial charge in [-0.25, -0.2) is 0 Å². The van der Waals surface area contributed by atoms with Gasteiger partial charge in [0.05, 0.1) is 0 Å². The van der Waals surface area contributed by atoms with E-state index in [1.807, 2.05) is 0 Å². The van der Waals surface area contributed by atoms with Gasteiger partial charge in [-0.15, -0.1) is 0 Å². The molecular formula is C28H30O. The number of hydrogen-bond donors (Lipinski definition) is 0. The molecule has 0 fully saturated rings. The molecule has 29 heavy (non-hydrogen) atoms. The molecule has 4 aromatic carbocycles. The van der Waals surface area contributed by atoms with Gasteiger partial charge in [-0.1, -0.05) is 121 Å². The van der Waals surface area contributed by atoms with Gasteiger partial charge in [0, 0.05) is 0 Å². The van der Waals surface area contributed by atoms with Gasteiger partial charge in [0.1, 0.15) is 0 Å².